The van der Waals surface area contributed by atoms with Crippen molar-refractivity contribution in [2.75, 3.05) is 13.1 Å². The maximum atomic E-state index is 11.8. The molecule has 0 aliphatic rings. The lowest BCUT2D eigenvalue weighted by molar-refractivity contribution is -0.121. The molecule has 0 atom stereocenters. The third-order valence-corrected chi connectivity index (χ3v) is 3.42. The first kappa shape index (κ1) is 17.0. The lowest BCUT2D eigenvalue weighted by Gasteiger charge is -2.07. The summed E-state index contributed by atoms with van der Waals surface area (Å²) < 4.78 is 0. The topological polar surface area (TPSA) is 71.1 Å². The van der Waals surface area contributed by atoms with Crippen LogP contribution in [0.1, 0.15) is 22.3 Å². The fraction of sp³-hybridized carbons (Fsp3) is 0.235. The number of benzene rings is 1. The fourth-order valence-electron chi connectivity index (χ4n) is 2.02. The quantitative estimate of drug-likeness (QED) is 0.764. The van der Waals surface area contributed by atoms with Crippen LogP contribution in [0.5, 0.6) is 0 Å². The molecule has 1 aromatic carbocycles. The molecule has 2 amide bonds. The lowest BCUT2D eigenvalue weighted by atomic mass is 10.1. The van der Waals surface area contributed by atoms with Crippen molar-refractivity contribution in [1.82, 2.24) is 15.6 Å². The van der Waals surface area contributed by atoms with Crippen molar-refractivity contribution >= 4 is 23.4 Å². The fourth-order valence-corrected chi connectivity index (χ4v) is 2.23. The van der Waals surface area contributed by atoms with Gasteiger partial charge in [-0.3, -0.25) is 14.6 Å². The molecule has 120 valence electrons. The molecule has 23 heavy (non-hydrogen) atoms. The van der Waals surface area contributed by atoms with Gasteiger partial charge in [0.15, 0.2) is 0 Å². The summed E-state index contributed by atoms with van der Waals surface area (Å²) in [6.07, 6.45) is 4.13. The van der Waals surface area contributed by atoms with Crippen LogP contribution in [0.25, 0.3) is 0 Å². The first-order valence-corrected chi connectivity index (χ1v) is 7.72. The summed E-state index contributed by atoms with van der Waals surface area (Å²) in [5.41, 5.74) is 1.53. The van der Waals surface area contributed by atoms with E-state index in [0.29, 0.717) is 36.5 Å². The van der Waals surface area contributed by atoms with Crippen molar-refractivity contribution < 1.29 is 9.59 Å². The number of hydrogen-bond acceptors (Lipinski definition) is 3. The molecule has 1 heterocycles. The normalized spacial score (nSPS) is 10.1. The molecular formula is C17H18ClN3O2. The minimum atomic E-state index is -0.203. The molecular weight excluding hydrogens is 314 g/mol. The van der Waals surface area contributed by atoms with Gasteiger partial charge in [-0.2, -0.15) is 0 Å². The third kappa shape index (κ3) is 6.08. The van der Waals surface area contributed by atoms with Crippen LogP contribution >= 0.6 is 11.6 Å². The minimum Gasteiger partial charge on any atom is -0.354 e. The van der Waals surface area contributed by atoms with E-state index in [-0.39, 0.29) is 11.8 Å². The monoisotopic (exact) mass is 331 g/mol. The molecule has 0 aliphatic carbocycles. The number of nitrogens with one attached hydrogen (secondary N) is 2. The Balaban J connectivity index is 1.62. The van der Waals surface area contributed by atoms with Crippen LogP contribution in [0.15, 0.2) is 48.8 Å². The van der Waals surface area contributed by atoms with E-state index in [0.717, 1.165) is 5.56 Å². The Labute approximate surface area is 140 Å². The van der Waals surface area contributed by atoms with Gasteiger partial charge in [-0.1, -0.05) is 23.7 Å². The van der Waals surface area contributed by atoms with Crippen LogP contribution in [0.4, 0.5) is 0 Å². The highest BCUT2D eigenvalue weighted by atomic mass is 35.5. The van der Waals surface area contributed by atoms with E-state index < -0.39 is 0 Å². The van der Waals surface area contributed by atoms with Gasteiger partial charge in [0.05, 0.1) is 5.56 Å². The summed E-state index contributed by atoms with van der Waals surface area (Å²) in [5.74, 6) is -0.258. The van der Waals surface area contributed by atoms with Gasteiger partial charge >= 0.3 is 0 Å². The van der Waals surface area contributed by atoms with Gasteiger partial charge in [-0.25, -0.2) is 0 Å². The predicted molar refractivity (Wildman–Crippen MR) is 89.4 cm³/mol. The summed E-state index contributed by atoms with van der Waals surface area (Å²) in [7, 11) is 0. The standard InChI is InChI=1S/C17H18ClN3O2/c18-15-5-1-3-13(11-15)6-7-16(22)20-9-10-21-17(23)14-4-2-8-19-12-14/h1-5,8,11-12H,6-7,9-10H2,(H,20,22)(H,21,23). The van der Waals surface area contributed by atoms with E-state index in [2.05, 4.69) is 15.6 Å². The number of halogens is 1. The molecule has 0 radical (unpaired) electrons. The number of amides is 2. The summed E-state index contributed by atoms with van der Waals surface area (Å²) in [6.45, 7) is 0.761. The van der Waals surface area contributed by atoms with Gasteiger partial charge in [0.1, 0.15) is 0 Å². The molecule has 5 nitrogen and oxygen atoms in total. The van der Waals surface area contributed by atoms with Gasteiger partial charge in [0, 0.05) is 36.9 Å². The zero-order valence-corrected chi connectivity index (χ0v) is 13.3. The highest BCUT2D eigenvalue weighted by molar-refractivity contribution is 6.30. The van der Waals surface area contributed by atoms with Gasteiger partial charge in [-0.05, 0) is 36.2 Å². The number of aromatic nitrogens is 1. The second kappa shape index (κ2) is 8.90. The average molecular weight is 332 g/mol. The molecule has 2 aromatic rings. The smallest absolute Gasteiger partial charge is 0.252 e. The molecule has 0 saturated carbocycles. The van der Waals surface area contributed by atoms with Crippen LogP contribution < -0.4 is 10.6 Å². The van der Waals surface area contributed by atoms with Crippen molar-refractivity contribution in [3.05, 3.63) is 64.9 Å². The van der Waals surface area contributed by atoms with E-state index in [1.165, 1.54) is 6.20 Å². The highest BCUT2D eigenvalue weighted by Crippen LogP contribution is 2.11. The Morgan fingerprint density at radius 3 is 2.65 bits per heavy atom. The molecule has 0 unspecified atom stereocenters. The zero-order valence-electron chi connectivity index (χ0n) is 12.6. The zero-order chi connectivity index (χ0) is 16.5. The highest BCUT2D eigenvalue weighted by Gasteiger charge is 2.05. The number of aryl methyl sites for hydroxylation is 1. The van der Waals surface area contributed by atoms with Gasteiger partial charge in [0.25, 0.3) is 5.91 Å². The number of hydrogen-bond donors (Lipinski definition) is 2. The molecule has 0 spiro atoms. The second-order valence-electron chi connectivity index (χ2n) is 4.98. The maximum Gasteiger partial charge on any atom is 0.252 e. The molecule has 0 saturated heterocycles. The summed E-state index contributed by atoms with van der Waals surface area (Å²) in [4.78, 5) is 27.4. The van der Waals surface area contributed by atoms with Gasteiger partial charge in [-0.15, -0.1) is 0 Å². The third-order valence-electron chi connectivity index (χ3n) is 3.19. The lowest BCUT2D eigenvalue weighted by Crippen LogP contribution is -2.34. The van der Waals surface area contributed by atoms with Crippen molar-refractivity contribution in [2.24, 2.45) is 0 Å². The Morgan fingerprint density at radius 2 is 1.91 bits per heavy atom. The molecule has 0 bridgehead atoms. The second-order valence-corrected chi connectivity index (χ2v) is 5.41. The number of pyridine rings is 1. The van der Waals surface area contributed by atoms with Gasteiger partial charge < -0.3 is 10.6 Å². The first-order valence-electron chi connectivity index (χ1n) is 7.34. The molecule has 0 fully saturated rings. The van der Waals surface area contributed by atoms with Crippen LogP contribution in [0, 0.1) is 0 Å². The van der Waals surface area contributed by atoms with E-state index in [9.17, 15) is 9.59 Å². The summed E-state index contributed by atoms with van der Waals surface area (Å²) in [6, 6.07) is 10.8. The van der Waals surface area contributed by atoms with Gasteiger partial charge in [0.2, 0.25) is 5.91 Å². The Morgan fingerprint density at radius 1 is 1.09 bits per heavy atom. The number of nitrogens with zero attached hydrogens (tertiary/aromatic N) is 1. The van der Waals surface area contributed by atoms with Crippen LogP contribution in [0.2, 0.25) is 5.02 Å². The molecule has 0 aliphatic heterocycles. The van der Waals surface area contributed by atoms with Crippen LogP contribution in [0.3, 0.4) is 0 Å². The Kier molecular flexibility index (Phi) is 6.56. The number of carbonyl (C=O) groups is 2. The predicted octanol–water partition coefficient (Wildman–Crippen LogP) is 2.21. The minimum absolute atomic E-state index is 0.0550. The summed E-state index contributed by atoms with van der Waals surface area (Å²) in [5, 5.41) is 6.16. The Hall–Kier alpha value is -2.40. The SMILES string of the molecule is O=C(CCc1cccc(Cl)c1)NCCNC(=O)c1cccnc1. The van der Waals surface area contributed by atoms with E-state index >= 15 is 0 Å². The van der Waals surface area contributed by atoms with E-state index in [4.69, 9.17) is 11.6 Å². The van der Waals surface area contributed by atoms with Crippen LogP contribution in [-0.4, -0.2) is 29.9 Å². The van der Waals surface area contributed by atoms with E-state index in [1.54, 1.807) is 24.4 Å². The molecule has 1 aromatic heterocycles. The molecule has 2 N–H and O–H groups in total. The summed E-state index contributed by atoms with van der Waals surface area (Å²) >= 11 is 5.90. The molecule has 2 rings (SSSR count). The number of carbonyl (C=O) groups excluding carboxylic acids is 2. The Bertz CT molecular complexity index is 662. The van der Waals surface area contributed by atoms with Crippen molar-refractivity contribution in [1.29, 1.82) is 0 Å². The first-order chi connectivity index (χ1) is 11.1. The maximum absolute atomic E-state index is 11.8. The average Bonchev–Trinajstić information content (AvgIpc) is 2.57. The largest absolute Gasteiger partial charge is 0.354 e. The van der Waals surface area contributed by atoms with Crippen molar-refractivity contribution in [3.8, 4) is 0 Å². The molecule has 6 heteroatoms. The van der Waals surface area contributed by atoms with Crippen molar-refractivity contribution in [3.63, 3.8) is 0 Å². The van der Waals surface area contributed by atoms with E-state index in [1.807, 2.05) is 18.2 Å². The van der Waals surface area contributed by atoms with Crippen LogP contribution in [-0.2, 0) is 11.2 Å². The number of rotatable bonds is 7. The van der Waals surface area contributed by atoms with Crippen molar-refractivity contribution in [2.45, 2.75) is 12.8 Å².